The molecule has 5 nitrogen and oxygen atoms in total. The second-order valence-electron chi connectivity index (χ2n) is 8.24. The zero-order chi connectivity index (χ0) is 27.3. The highest BCUT2D eigenvalue weighted by Crippen LogP contribution is 2.65. The molecule has 2 atom stereocenters. The second kappa shape index (κ2) is 9.87. The van der Waals surface area contributed by atoms with Gasteiger partial charge in [0.25, 0.3) is 5.91 Å². The molecule has 0 bridgehead atoms. The molecule has 0 radical (unpaired) electrons. The van der Waals surface area contributed by atoms with E-state index in [9.17, 15) is 27.2 Å². The maximum atomic E-state index is 13.5. The first kappa shape index (κ1) is 27.3. The number of rotatable bonds is 5. The average Bonchev–Trinajstić information content (AvgIpc) is 3.39. The van der Waals surface area contributed by atoms with Crippen molar-refractivity contribution < 1.29 is 27.2 Å². The molecule has 0 aliphatic heterocycles. The first-order chi connectivity index (χ1) is 17.2. The Kier molecular flexibility index (Phi) is 7.29. The number of hydrogen-bond acceptors (Lipinski definition) is 3. The third-order valence-corrected chi connectivity index (χ3v) is 7.29. The van der Waals surface area contributed by atoms with Crippen LogP contribution in [-0.4, -0.2) is 16.1 Å². The molecule has 4 N–H and O–H groups in total. The van der Waals surface area contributed by atoms with Crippen molar-refractivity contribution >= 4 is 75.3 Å². The molecule has 0 aromatic heterocycles. The van der Waals surface area contributed by atoms with E-state index in [1.807, 2.05) is 0 Å². The molecule has 3 aromatic rings. The molecule has 1 aliphatic rings. The molecule has 194 valence electrons. The van der Waals surface area contributed by atoms with E-state index in [2.05, 4.69) is 10.6 Å². The molecule has 4 rings (SSSR count). The molecular formula is C24H15Cl4F4N3O2. The van der Waals surface area contributed by atoms with Gasteiger partial charge in [0.1, 0.15) is 10.2 Å². The van der Waals surface area contributed by atoms with E-state index in [1.54, 1.807) is 0 Å². The van der Waals surface area contributed by atoms with Crippen LogP contribution in [0.2, 0.25) is 10.0 Å². The summed E-state index contributed by atoms with van der Waals surface area (Å²) in [5.41, 5.74) is 4.12. The topological polar surface area (TPSA) is 84.2 Å². The van der Waals surface area contributed by atoms with Gasteiger partial charge < -0.3 is 16.4 Å². The molecule has 37 heavy (non-hydrogen) atoms. The molecule has 13 heteroatoms. The van der Waals surface area contributed by atoms with Crippen LogP contribution in [0.4, 0.5) is 34.6 Å². The van der Waals surface area contributed by atoms with Crippen molar-refractivity contribution in [3.63, 3.8) is 0 Å². The number of amides is 2. The molecule has 1 fully saturated rings. The van der Waals surface area contributed by atoms with Crippen molar-refractivity contribution in [1.29, 1.82) is 0 Å². The largest absolute Gasteiger partial charge is 0.418 e. The average molecular weight is 595 g/mol. The Morgan fingerprint density at radius 1 is 0.892 bits per heavy atom. The van der Waals surface area contributed by atoms with Gasteiger partial charge in [-0.25, -0.2) is 4.39 Å². The minimum absolute atomic E-state index is 0.0173. The number of anilines is 3. The Morgan fingerprint density at radius 3 is 2.19 bits per heavy atom. The smallest absolute Gasteiger partial charge is 0.398 e. The normalized spacial score (nSPS) is 18.3. The molecule has 0 heterocycles. The molecular weight excluding hydrogens is 580 g/mol. The maximum Gasteiger partial charge on any atom is 0.418 e. The van der Waals surface area contributed by atoms with Gasteiger partial charge in [0.15, 0.2) is 0 Å². The van der Waals surface area contributed by atoms with Gasteiger partial charge in [-0.05, 0) is 54.1 Å². The van der Waals surface area contributed by atoms with Gasteiger partial charge in [0.2, 0.25) is 5.91 Å². The summed E-state index contributed by atoms with van der Waals surface area (Å²) in [4.78, 5) is 25.7. The quantitative estimate of drug-likeness (QED) is 0.162. The summed E-state index contributed by atoms with van der Waals surface area (Å²) < 4.78 is 51.4. The lowest BCUT2D eigenvalue weighted by atomic mass is 10.1. The lowest BCUT2D eigenvalue weighted by Gasteiger charge is -2.13. The second-order valence-corrected chi connectivity index (χ2v) is 10.5. The summed E-state index contributed by atoms with van der Waals surface area (Å²) in [5, 5.41) is 4.75. The minimum Gasteiger partial charge on any atom is -0.398 e. The Bertz CT molecular complexity index is 1420. The number of nitrogen functional groups attached to an aromatic ring is 1. The highest BCUT2D eigenvalue weighted by atomic mass is 35.5. The van der Waals surface area contributed by atoms with Crippen LogP contribution in [-0.2, 0) is 11.0 Å². The molecule has 1 saturated carbocycles. The van der Waals surface area contributed by atoms with Crippen molar-refractivity contribution in [1.82, 2.24) is 0 Å². The van der Waals surface area contributed by atoms with Gasteiger partial charge >= 0.3 is 6.18 Å². The molecule has 1 aliphatic carbocycles. The van der Waals surface area contributed by atoms with Crippen molar-refractivity contribution in [2.24, 2.45) is 5.92 Å². The van der Waals surface area contributed by atoms with Gasteiger partial charge in [-0.15, -0.1) is 23.2 Å². The standard InChI is InChI=1S/C24H15Cl4F4N3O2/c25-15-4-2-11(8-13(15)21(36)34-12-3-6-18(33)14(9-12)24(30,31)32)35-22(37)20-19(23(20,27)28)10-1-5-17(29)16(26)7-10/h1-9,19-20H,33H2,(H,34,36)(H,35,37)/t19-,20+/m0/s1. The number of nitrogens with one attached hydrogen (secondary N) is 2. The number of nitrogens with two attached hydrogens (primary N) is 1. The first-order valence-corrected chi connectivity index (χ1v) is 11.9. The Balaban J connectivity index is 1.51. The van der Waals surface area contributed by atoms with Gasteiger partial charge in [0, 0.05) is 23.0 Å². The van der Waals surface area contributed by atoms with E-state index in [0.29, 0.717) is 11.6 Å². The summed E-state index contributed by atoms with van der Waals surface area (Å²) in [6.07, 6.45) is -4.72. The minimum atomic E-state index is -4.72. The van der Waals surface area contributed by atoms with Crippen molar-refractivity contribution in [3.8, 4) is 0 Å². The van der Waals surface area contributed by atoms with Gasteiger partial charge in [0.05, 0.1) is 27.1 Å². The van der Waals surface area contributed by atoms with Crippen LogP contribution in [0.15, 0.2) is 54.6 Å². The fraction of sp³-hybridized carbons (Fsp3) is 0.167. The summed E-state index contributed by atoms with van der Waals surface area (Å²) in [6.45, 7) is 0. The number of benzene rings is 3. The predicted octanol–water partition coefficient (Wildman–Crippen LogP) is 7.51. The van der Waals surface area contributed by atoms with Gasteiger partial charge in [-0.1, -0.05) is 29.3 Å². The van der Waals surface area contributed by atoms with E-state index < -0.39 is 51.2 Å². The van der Waals surface area contributed by atoms with Crippen molar-refractivity contribution in [2.75, 3.05) is 16.4 Å². The molecule has 3 aromatic carbocycles. The molecule has 2 amide bonds. The Labute approximate surface area is 227 Å². The Morgan fingerprint density at radius 2 is 1.54 bits per heavy atom. The van der Waals surface area contributed by atoms with Gasteiger partial charge in [-0.3, -0.25) is 9.59 Å². The first-order valence-electron chi connectivity index (χ1n) is 10.4. The number of carbonyl (C=O) groups is 2. The van der Waals surface area contributed by atoms with Crippen molar-refractivity contribution in [2.45, 2.75) is 16.4 Å². The summed E-state index contributed by atoms with van der Waals surface area (Å²) in [5.74, 6) is -3.63. The molecule has 0 spiro atoms. The van der Waals surface area contributed by atoms with Crippen LogP contribution in [0.25, 0.3) is 0 Å². The number of halogens is 8. The van der Waals surface area contributed by atoms with Crippen molar-refractivity contribution in [3.05, 3.63) is 87.2 Å². The predicted molar refractivity (Wildman–Crippen MR) is 136 cm³/mol. The van der Waals surface area contributed by atoms with E-state index in [4.69, 9.17) is 52.1 Å². The van der Waals surface area contributed by atoms with Gasteiger partial charge in [-0.2, -0.15) is 13.2 Å². The highest BCUT2D eigenvalue weighted by Gasteiger charge is 2.67. The number of carbonyl (C=O) groups excluding carboxylic acids is 2. The maximum absolute atomic E-state index is 13.5. The summed E-state index contributed by atoms with van der Waals surface area (Å²) in [7, 11) is 0. The van der Waals surface area contributed by atoms with Crippen LogP contribution >= 0.6 is 46.4 Å². The fourth-order valence-corrected chi connectivity index (χ4v) is 5.07. The van der Waals surface area contributed by atoms with E-state index in [1.165, 1.54) is 36.4 Å². The van der Waals surface area contributed by atoms with Crippen LogP contribution in [0, 0.1) is 11.7 Å². The van der Waals surface area contributed by atoms with Crippen LogP contribution in [0.1, 0.15) is 27.4 Å². The zero-order valence-corrected chi connectivity index (χ0v) is 21.3. The molecule has 0 saturated heterocycles. The van der Waals surface area contributed by atoms with E-state index in [0.717, 1.165) is 12.1 Å². The van der Waals surface area contributed by atoms with Crippen LogP contribution in [0.5, 0.6) is 0 Å². The SMILES string of the molecule is Nc1ccc(NC(=O)c2cc(NC(=O)[C@H]3[C@H](c4ccc(F)c(Cl)c4)C3(Cl)Cl)ccc2Cl)cc1C(F)(F)F. The third kappa shape index (κ3) is 5.60. The Hall–Kier alpha value is -2.72. The monoisotopic (exact) mass is 593 g/mol. The van der Waals surface area contributed by atoms with E-state index in [-0.39, 0.29) is 27.0 Å². The number of alkyl halides is 5. The number of hydrogen-bond donors (Lipinski definition) is 3. The lowest BCUT2D eigenvalue weighted by molar-refractivity contribution is -0.136. The third-order valence-electron chi connectivity index (χ3n) is 5.73. The van der Waals surface area contributed by atoms with E-state index >= 15 is 0 Å². The highest BCUT2D eigenvalue weighted by molar-refractivity contribution is 6.53. The summed E-state index contributed by atoms with van der Waals surface area (Å²) in [6, 6.07) is 10.8. The fourth-order valence-electron chi connectivity index (χ4n) is 3.85. The van der Waals surface area contributed by atoms with Crippen LogP contribution in [0.3, 0.4) is 0 Å². The summed E-state index contributed by atoms with van der Waals surface area (Å²) >= 11 is 24.6. The lowest BCUT2D eigenvalue weighted by Crippen LogP contribution is -2.18. The van der Waals surface area contributed by atoms with Crippen LogP contribution < -0.4 is 16.4 Å². The zero-order valence-electron chi connectivity index (χ0n) is 18.3. The molecule has 0 unspecified atom stereocenters.